The van der Waals surface area contributed by atoms with Crippen LogP contribution in [0, 0.1) is 0 Å². The van der Waals surface area contributed by atoms with Gasteiger partial charge in [0.25, 0.3) is 0 Å². The molecule has 0 aliphatic heterocycles. The van der Waals surface area contributed by atoms with Gasteiger partial charge in [-0.2, -0.15) is 0 Å². The molecule has 0 radical (unpaired) electrons. The molecule has 0 aliphatic carbocycles. The van der Waals surface area contributed by atoms with E-state index in [1.54, 1.807) is 19.4 Å². The second-order valence-corrected chi connectivity index (χ2v) is 5.56. The van der Waals surface area contributed by atoms with E-state index in [1.165, 1.54) is 0 Å². The highest BCUT2D eigenvalue weighted by Crippen LogP contribution is 2.14. The van der Waals surface area contributed by atoms with E-state index in [0.717, 1.165) is 22.4 Å². The van der Waals surface area contributed by atoms with E-state index in [0.29, 0.717) is 19.7 Å². The maximum absolute atomic E-state index is 6.02. The fraction of sp³-hybridized carbons (Fsp3) is 0.375. The van der Waals surface area contributed by atoms with Gasteiger partial charge in [0, 0.05) is 39.2 Å². The lowest BCUT2D eigenvalue weighted by atomic mass is 10.4. The Morgan fingerprint density at radius 3 is 2.88 bits per heavy atom. The van der Waals surface area contributed by atoms with Gasteiger partial charge in [-0.25, -0.2) is 0 Å². The molecule has 0 fully saturated rings. The number of nitrogens with one attached hydrogen (secondary N) is 1. The Hall–Kier alpha value is -1.48. The number of halogens is 2. The van der Waals surface area contributed by atoms with Crippen LogP contribution in [0.3, 0.4) is 0 Å². The van der Waals surface area contributed by atoms with Gasteiger partial charge in [0.05, 0.1) is 24.3 Å². The fourth-order valence-corrected chi connectivity index (χ4v) is 2.46. The Labute approximate surface area is 164 Å². The zero-order valence-corrected chi connectivity index (χ0v) is 17.2. The topological polar surface area (TPSA) is 54.7 Å². The molecule has 0 saturated heterocycles. The van der Waals surface area contributed by atoms with Crippen LogP contribution in [-0.4, -0.2) is 47.7 Å². The van der Waals surface area contributed by atoms with Crippen LogP contribution in [0.15, 0.2) is 41.8 Å². The molecule has 0 amide bonds. The number of pyridine rings is 1. The second kappa shape index (κ2) is 10.4. The van der Waals surface area contributed by atoms with Crippen molar-refractivity contribution in [3.63, 3.8) is 0 Å². The van der Waals surface area contributed by atoms with Gasteiger partial charge < -0.3 is 19.5 Å². The number of aromatic nitrogens is 2. The molecule has 6 nitrogen and oxygen atoms in total. The molecular weight excluding hydrogens is 441 g/mol. The minimum absolute atomic E-state index is 0. The summed E-state index contributed by atoms with van der Waals surface area (Å²) in [7, 11) is 5.73. The Morgan fingerprint density at radius 1 is 1.50 bits per heavy atom. The summed E-state index contributed by atoms with van der Waals surface area (Å²) < 4.78 is 7.61. The number of aliphatic imine (C=N–C) groups is 1. The van der Waals surface area contributed by atoms with Crippen molar-refractivity contribution < 1.29 is 4.74 Å². The number of nitrogens with zero attached hydrogens (tertiary/aromatic N) is 4. The minimum atomic E-state index is 0. The lowest BCUT2D eigenvalue weighted by Crippen LogP contribution is -2.40. The Morgan fingerprint density at radius 2 is 2.29 bits per heavy atom. The molecule has 0 bridgehead atoms. The molecule has 2 rings (SSSR count). The van der Waals surface area contributed by atoms with Crippen molar-refractivity contribution in [2.75, 3.05) is 27.2 Å². The van der Waals surface area contributed by atoms with E-state index in [-0.39, 0.29) is 24.0 Å². The van der Waals surface area contributed by atoms with E-state index >= 15 is 0 Å². The van der Waals surface area contributed by atoms with Crippen molar-refractivity contribution in [3.05, 3.63) is 47.5 Å². The summed E-state index contributed by atoms with van der Waals surface area (Å²) in [6.07, 6.45) is 5.31. The molecule has 24 heavy (non-hydrogen) atoms. The van der Waals surface area contributed by atoms with Crippen LogP contribution in [0.4, 0.5) is 0 Å². The Bertz CT molecular complexity index is 647. The molecule has 0 aliphatic rings. The van der Waals surface area contributed by atoms with E-state index in [1.807, 2.05) is 48.0 Å². The molecule has 2 heterocycles. The van der Waals surface area contributed by atoms with Gasteiger partial charge in [0.1, 0.15) is 12.4 Å². The highest BCUT2D eigenvalue weighted by molar-refractivity contribution is 14.0. The zero-order valence-electron chi connectivity index (χ0n) is 14.1. The number of guanidine groups is 1. The number of aryl methyl sites for hydroxylation is 1. The first-order chi connectivity index (χ1) is 11.1. The van der Waals surface area contributed by atoms with Crippen LogP contribution >= 0.6 is 35.6 Å². The minimum Gasteiger partial charge on any atom is -0.490 e. The molecule has 2 aromatic heterocycles. The van der Waals surface area contributed by atoms with Crippen molar-refractivity contribution in [1.29, 1.82) is 0 Å². The third-order valence-corrected chi connectivity index (χ3v) is 3.54. The molecular formula is C16H23ClIN5O. The Kier molecular flexibility index (Phi) is 8.91. The average Bonchev–Trinajstić information content (AvgIpc) is 2.85. The third-order valence-electron chi connectivity index (χ3n) is 3.34. The zero-order chi connectivity index (χ0) is 16.7. The van der Waals surface area contributed by atoms with E-state index in [9.17, 15) is 0 Å². The van der Waals surface area contributed by atoms with Crippen molar-refractivity contribution in [1.82, 2.24) is 19.8 Å². The molecule has 0 atom stereocenters. The van der Waals surface area contributed by atoms with Gasteiger partial charge in [-0.3, -0.25) is 9.98 Å². The van der Waals surface area contributed by atoms with E-state index < -0.39 is 0 Å². The maximum atomic E-state index is 6.02. The van der Waals surface area contributed by atoms with Crippen molar-refractivity contribution in [2.24, 2.45) is 12.0 Å². The number of ether oxygens (including phenoxy) is 1. The summed E-state index contributed by atoms with van der Waals surface area (Å²) in [6.45, 7) is 1.90. The first-order valence-electron chi connectivity index (χ1n) is 7.35. The summed E-state index contributed by atoms with van der Waals surface area (Å²) in [5.41, 5.74) is 1.12. The lowest BCUT2D eigenvalue weighted by molar-refractivity contribution is 0.318. The SMILES string of the molecule is CN=C(NCCOc1cccnc1)N(C)Cc1cc(Cl)cn1C.I. The van der Waals surface area contributed by atoms with Crippen LogP contribution < -0.4 is 10.1 Å². The molecule has 2 aromatic rings. The van der Waals surface area contributed by atoms with E-state index in [2.05, 4.69) is 15.3 Å². The molecule has 1 N–H and O–H groups in total. The van der Waals surface area contributed by atoms with Crippen LogP contribution in [0.1, 0.15) is 5.69 Å². The van der Waals surface area contributed by atoms with Crippen molar-refractivity contribution in [3.8, 4) is 5.75 Å². The first-order valence-corrected chi connectivity index (χ1v) is 7.73. The molecule has 8 heteroatoms. The van der Waals surface area contributed by atoms with Gasteiger partial charge >= 0.3 is 0 Å². The molecule has 0 spiro atoms. The molecule has 0 saturated carbocycles. The monoisotopic (exact) mass is 463 g/mol. The summed E-state index contributed by atoms with van der Waals surface area (Å²) in [5.74, 6) is 1.56. The van der Waals surface area contributed by atoms with Crippen molar-refractivity contribution >= 4 is 41.5 Å². The average molecular weight is 464 g/mol. The normalized spacial score (nSPS) is 10.9. The molecule has 132 valence electrons. The summed E-state index contributed by atoms with van der Waals surface area (Å²) >= 11 is 6.02. The van der Waals surface area contributed by atoms with Gasteiger partial charge in [-0.15, -0.1) is 24.0 Å². The quantitative estimate of drug-likeness (QED) is 0.310. The summed E-state index contributed by atoms with van der Waals surface area (Å²) in [6, 6.07) is 5.68. The van der Waals surface area contributed by atoms with Crippen molar-refractivity contribution in [2.45, 2.75) is 6.54 Å². The Balaban J connectivity index is 0.00000288. The molecule has 0 unspecified atom stereocenters. The second-order valence-electron chi connectivity index (χ2n) is 5.13. The maximum Gasteiger partial charge on any atom is 0.193 e. The predicted octanol–water partition coefficient (Wildman–Crippen LogP) is 2.78. The number of hydrogen-bond acceptors (Lipinski definition) is 3. The first kappa shape index (κ1) is 20.6. The predicted molar refractivity (Wildman–Crippen MR) is 108 cm³/mol. The van der Waals surface area contributed by atoms with Gasteiger partial charge in [0.15, 0.2) is 5.96 Å². The fourth-order valence-electron chi connectivity index (χ4n) is 2.19. The third kappa shape index (κ3) is 6.20. The molecule has 0 aromatic carbocycles. The van der Waals surface area contributed by atoms with Crippen LogP contribution in [0.5, 0.6) is 5.75 Å². The van der Waals surface area contributed by atoms with Crippen LogP contribution in [-0.2, 0) is 13.6 Å². The lowest BCUT2D eigenvalue weighted by Gasteiger charge is -2.22. The summed E-state index contributed by atoms with van der Waals surface area (Å²) in [5, 5.41) is 4.01. The van der Waals surface area contributed by atoms with E-state index in [4.69, 9.17) is 16.3 Å². The smallest absolute Gasteiger partial charge is 0.193 e. The van der Waals surface area contributed by atoms with Crippen LogP contribution in [0.25, 0.3) is 0 Å². The standard InChI is InChI=1S/C16H22ClN5O.HI/c1-18-16(20-7-8-23-15-5-4-6-19-10-15)22(3)12-14-9-13(17)11-21(14)2;/h4-6,9-11H,7-8,12H2,1-3H3,(H,18,20);1H. The van der Waals surface area contributed by atoms with Crippen LogP contribution in [0.2, 0.25) is 5.02 Å². The highest BCUT2D eigenvalue weighted by Gasteiger charge is 2.09. The van der Waals surface area contributed by atoms with Gasteiger partial charge in [0.2, 0.25) is 0 Å². The summed E-state index contributed by atoms with van der Waals surface area (Å²) in [4.78, 5) is 10.3. The largest absolute Gasteiger partial charge is 0.490 e. The van der Waals surface area contributed by atoms with Gasteiger partial charge in [-0.1, -0.05) is 11.6 Å². The highest BCUT2D eigenvalue weighted by atomic mass is 127. The van der Waals surface area contributed by atoms with Gasteiger partial charge in [-0.05, 0) is 18.2 Å². The number of hydrogen-bond donors (Lipinski definition) is 1. The number of rotatable bonds is 6.